The van der Waals surface area contributed by atoms with Gasteiger partial charge >= 0.3 is 0 Å². The van der Waals surface area contributed by atoms with Crippen molar-refractivity contribution in [2.75, 3.05) is 5.33 Å². The molecule has 0 atom stereocenters. The molecule has 0 aliphatic carbocycles. The number of unbranched alkanes of at least 4 members (excludes halogenated alkanes) is 1. The van der Waals surface area contributed by atoms with Crippen molar-refractivity contribution in [2.24, 2.45) is 0 Å². The molecule has 0 aromatic carbocycles. The largest absolute Gasteiger partial charge is 0.339 e. The van der Waals surface area contributed by atoms with E-state index < -0.39 is 0 Å². The van der Waals surface area contributed by atoms with E-state index >= 15 is 0 Å². The van der Waals surface area contributed by atoms with Gasteiger partial charge in [0.15, 0.2) is 0 Å². The predicted octanol–water partition coefficient (Wildman–Crippen LogP) is 5.09. The van der Waals surface area contributed by atoms with Crippen molar-refractivity contribution in [3.8, 4) is 0 Å². The number of aromatic nitrogens is 1. The minimum absolute atomic E-state index is 1.10. The zero-order chi connectivity index (χ0) is 11.0. The molecular formula is C12H12BrNS2. The predicted molar refractivity (Wildman–Crippen MR) is 78.2 cm³/mol. The van der Waals surface area contributed by atoms with Crippen LogP contribution in [-0.2, 0) is 6.54 Å². The highest BCUT2D eigenvalue weighted by atomic mass is 79.9. The van der Waals surface area contributed by atoms with Gasteiger partial charge in [-0.25, -0.2) is 0 Å². The molecule has 0 fully saturated rings. The molecule has 0 spiro atoms. The van der Waals surface area contributed by atoms with Gasteiger partial charge in [0.2, 0.25) is 0 Å². The average molecular weight is 314 g/mol. The summed E-state index contributed by atoms with van der Waals surface area (Å²) < 4.78 is 5.40. The van der Waals surface area contributed by atoms with Crippen LogP contribution in [0.3, 0.4) is 0 Å². The molecular weight excluding hydrogens is 302 g/mol. The number of thiophene rings is 2. The average Bonchev–Trinajstić information content (AvgIpc) is 2.93. The first-order chi connectivity index (χ1) is 7.92. The molecule has 0 amide bonds. The van der Waals surface area contributed by atoms with Gasteiger partial charge in [-0.15, -0.1) is 22.7 Å². The van der Waals surface area contributed by atoms with Gasteiger partial charge in [0.1, 0.15) is 0 Å². The molecule has 0 N–H and O–H groups in total. The summed E-state index contributed by atoms with van der Waals surface area (Å²) in [5.74, 6) is 0. The number of alkyl halides is 1. The van der Waals surface area contributed by atoms with Crippen molar-refractivity contribution in [2.45, 2.75) is 19.4 Å². The van der Waals surface area contributed by atoms with Crippen LogP contribution in [0.15, 0.2) is 22.9 Å². The number of nitrogens with zero attached hydrogens (tertiary/aromatic N) is 1. The van der Waals surface area contributed by atoms with E-state index in [0.29, 0.717) is 0 Å². The van der Waals surface area contributed by atoms with Crippen molar-refractivity contribution in [3.05, 3.63) is 22.9 Å². The molecule has 16 heavy (non-hydrogen) atoms. The van der Waals surface area contributed by atoms with Crippen LogP contribution in [0.2, 0.25) is 0 Å². The van der Waals surface area contributed by atoms with E-state index in [1.54, 1.807) is 0 Å². The Labute approximate surface area is 111 Å². The maximum Gasteiger partial charge on any atom is 0.0700 e. The Morgan fingerprint density at radius 2 is 1.62 bits per heavy atom. The molecule has 0 saturated heterocycles. The summed E-state index contributed by atoms with van der Waals surface area (Å²) in [7, 11) is 0. The molecule has 0 unspecified atom stereocenters. The van der Waals surface area contributed by atoms with Gasteiger partial charge in [-0.2, -0.15) is 0 Å². The lowest BCUT2D eigenvalue weighted by Crippen LogP contribution is -1.96. The Hall–Kier alpha value is -0.320. The van der Waals surface area contributed by atoms with E-state index in [2.05, 4.69) is 43.4 Å². The molecule has 84 valence electrons. The van der Waals surface area contributed by atoms with Crippen LogP contribution in [0.25, 0.3) is 20.4 Å². The molecule has 0 radical (unpaired) electrons. The molecule has 1 nitrogen and oxygen atoms in total. The first-order valence-corrected chi connectivity index (χ1v) is 8.29. The van der Waals surface area contributed by atoms with Gasteiger partial charge in [-0.1, -0.05) is 15.9 Å². The number of halogens is 1. The third kappa shape index (κ3) is 1.63. The minimum Gasteiger partial charge on any atom is -0.339 e. The van der Waals surface area contributed by atoms with Crippen LogP contribution >= 0.6 is 38.6 Å². The fourth-order valence-electron chi connectivity index (χ4n) is 2.10. The third-order valence-corrected chi connectivity index (χ3v) is 5.37. The number of hydrogen-bond donors (Lipinski definition) is 0. The normalized spacial score (nSPS) is 11.8. The van der Waals surface area contributed by atoms with Crippen molar-refractivity contribution in [3.63, 3.8) is 0 Å². The summed E-state index contributed by atoms with van der Waals surface area (Å²) in [4.78, 5) is 0. The van der Waals surface area contributed by atoms with Crippen LogP contribution in [0, 0.1) is 0 Å². The van der Waals surface area contributed by atoms with E-state index in [9.17, 15) is 0 Å². The Morgan fingerprint density at radius 1 is 1.00 bits per heavy atom. The van der Waals surface area contributed by atoms with Gasteiger partial charge in [0, 0.05) is 11.9 Å². The molecule has 3 rings (SSSR count). The Balaban J connectivity index is 2.09. The zero-order valence-corrected chi connectivity index (χ0v) is 12.0. The SMILES string of the molecule is BrCCCCn1c2ccsc2c2sccc21. The van der Waals surface area contributed by atoms with Crippen LogP contribution in [0.1, 0.15) is 12.8 Å². The van der Waals surface area contributed by atoms with Crippen molar-refractivity contribution in [1.82, 2.24) is 4.57 Å². The summed E-state index contributed by atoms with van der Waals surface area (Å²) in [5.41, 5.74) is 2.84. The van der Waals surface area contributed by atoms with Crippen molar-refractivity contribution in [1.29, 1.82) is 0 Å². The van der Waals surface area contributed by atoms with Gasteiger partial charge in [-0.3, -0.25) is 0 Å². The molecule has 0 aliphatic rings. The van der Waals surface area contributed by atoms with E-state index in [4.69, 9.17) is 0 Å². The molecule has 3 heterocycles. The second kappa shape index (κ2) is 4.51. The summed E-state index contributed by atoms with van der Waals surface area (Å²) in [6.07, 6.45) is 2.49. The van der Waals surface area contributed by atoms with Crippen molar-refractivity contribution >= 4 is 59.0 Å². The highest BCUT2D eigenvalue weighted by Crippen LogP contribution is 2.36. The smallest absolute Gasteiger partial charge is 0.0700 e. The zero-order valence-electron chi connectivity index (χ0n) is 8.78. The molecule has 0 aliphatic heterocycles. The highest BCUT2D eigenvalue weighted by Gasteiger charge is 2.11. The fraction of sp³-hybridized carbons (Fsp3) is 0.333. The monoisotopic (exact) mass is 313 g/mol. The topological polar surface area (TPSA) is 4.93 Å². The third-order valence-electron chi connectivity index (χ3n) is 2.84. The lowest BCUT2D eigenvalue weighted by atomic mass is 10.3. The van der Waals surface area contributed by atoms with Crippen LogP contribution in [-0.4, -0.2) is 9.90 Å². The molecule has 3 aromatic rings. The van der Waals surface area contributed by atoms with Crippen LogP contribution in [0.4, 0.5) is 0 Å². The van der Waals surface area contributed by atoms with Crippen LogP contribution in [0.5, 0.6) is 0 Å². The number of rotatable bonds is 4. The second-order valence-electron chi connectivity index (χ2n) is 3.82. The summed E-state index contributed by atoms with van der Waals surface area (Å²) >= 11 is 7.22. The van der Waals surface area contributed by atoms with Crippen molar-refractivity contribution < 1.29 is 0 Å². The van der Waals surface area contributed by atoms with E-state index in [-0.39, 0.29) is 0 Å². The number of fused-ring (bicyclic) bond motifs is 3. The fourth-order valence-corrected chi connectivity index (χ4v) is 4.48. The number of aryl methyl sites for hydroxylation is 1. The maximum atomic E-state index is 3.49. The maximum absolute atomic E-state index is 3.49. The highest BCUT2D eigenvalue weighted by molar-refractivity contribution is 9.09. The Bertz CT molecular complexity index is 557. The molecule has 0 saturated carbocycles. The van der Waals surface area contributed by atoms with E-state index in [1.807, 2.05) is 22.7 Å². The summed E-state index contributed by atoms with van der Waals surface area (Å²) in [6.45, 7) is 1.14. The Kier molecular flexibility index (Phi) is 3.05. The standard InChI is InChI=1S/C12H12BrNS2/c13-5-1-2-6-14-9-3-7-15-11(9)12-10(14)4-8-16-12/h3-4,7-8H,1-2,5-6H2. The molecule has 0 bridgehead atoms. The Morgan fingerprint density at radius 3 is 2.19 bits per heavy atom. The van der Waals surface area contributed by atoms with Gasteiger partial charge in [-0.05, 0) is 35.7 Å². The first kappa shape index (κ1) is 10.8. The first-order valence-electron chi connectivity index (χ1n) is 5.40. The lowest BCUT2D eigenvalue weighted by Gasteiger charge is -2.04. The van der Waals surface area contributed by atoms with Gasteiger partial charge in [0.25, 0.3) is 0 Å². The lowest BCUT2D eigenvalue weighted by molar-refractivity contribution is 0.670. The molecule has 3 aromatic heterocycles. The van der Waals surface area contributed by atoms with Gasteiger partial charge < -0.3 is 4.57 Å². The van der Waals surface area contributed by atoms with E-state index in [0.717, 1.165) is 11.9 Å². The van der Waals surface area contributed by atoms with Gasteiger partial charge in [0.05, 0.1) is 20.4 Å². The summed E-state index contributed by atoms with van der Waals surface area (Å²) in [6, 6.07) is 4.50. The number of hydrogen-bond acceptors (Lipinski definition) is 2. The van der Waals surface area contributed by atoms with Crippen LogP contribution < -0.4 is 0 Å². The minimum atomic E-state index is 1.10. The second-order valence-corrected chi connectivity index (χ2v) is 6.44. The molecule has 4 heteroatoms. The van der Waals surface area contributed by atoms with E-state index in [1.165, 1.54) is 33.3 Å². The summed E-state index contributed by atoms with van der Waals surface area (Å²) in [5, 5.41) is 5.50. The quantitative estimate of drug-likeness (QED) is 0.467.